The minimum Gasteiger partial charge on any atom is -0.494 e. The maximum atomic E-state index is 13.1. The van der Waals surface area contributed by atoms with E-state index in [1.807, 2.05) is 31.2 Å². The Labute approximate surface area is 161 Å². The summed E-state index contributed by atoms with van der Waals surface area (Å²) < 4.78 is 24.0. The van der Waals surface area contributed by atoms with Crippen LogP contribution >= 0.6 is 0 Å². The summed E-state index contributed by atoms with van der Waals surface area (Å²) in [5.41, 5.74) is 1.67. The average Bonchev–Trinajstić information content (AvgIpc) is 3.32. The van der Waals surface area contributed by atoms with Crippen LogP contribution in [0.4, 0.5) is 4.39 Å². The average molecular weight is 381 g/mol. The molecule has 1 atom stereocenters. The minimum atomic E-state index is -0.301. The molecule has 1 fully saturated rings. The summed E-state index contributed by atoms with van der Waals surface area (Å²) in [5, 5.41) is 4.07. The number of halogens is 1. The molecule has 1 saturated heterocycles. The SMILES string of the molecule is CCOc1ccc(-c2noc(C3CCC(=O)N3Cc3ccc(F)cc3)n2)cc1. The lowest BCUT2D eigenvalue weighted by Gasteiger charge is -2.22. The van der Waals surface area contributed by atoms with Crippen LogP contribution in [0.3, 0.4) is 0 Å². The van der Waals surface area contributed by atoms with Crippen molar-refractivity contribution in [2.75, 3.05) is 6.61 Å². The Kier molecular flexibility index (Phi) is 5.06. The highest BCUT2D eigenvalue weighted by molar-refractivity contribution is 5.78. The van der Waals surface area contributed by atoms with Crippen molar-refractivity contribution in [2.24, 2.45) is 0 Å². The van der Waals surface area contributed by atoms with Crippen LogP contribution < -0.4 is 4.74 Å². The summed E-state index contributed by atoms with van der Waals surface area (Å²) in [6, 6.07) is 13.3. The van der Waals surface area contributed by atoms with Gasteiger partial charge in [-0.3, -0.25) is 4.79 Å². The number of carbonyl (C=O) groups is 1. The van der Waals surface area contributed by atoms with E-state index >= 15 is 0 Å². The molecule has 2 aromatic carbocycles. The predicted molar refractivity (Wildman–Crippen MR) is 99.8 cm³/mol. The first-order valence-electron chi connectivity index (χ1n) is 9.25. The fourth-order valence-electron chi connectivity index (χ4n) is 3.33. The number of aromatic nitrogens is 2. The van der Waals surface area contributed by atoms with E-state index in [4.69, 9.17) is 9.26 Å². The van der Waals surface area contributed by atoms with Crippen molar-refractivity contribution in [2.45, 2.75) is 32.4 Å². The number of carbonyl (C=O) groups excluding carboxylic acids is 1. The largest absolute Gasteiger partial charge is 0.494 e. The number of likely N-dealkylation sites (tertiary alicyclic amines) is 1. The van der Waals surface area contributed by atoms with Gasteiger partial charge in [0.25, 0.3) is 0 Å². The monoisotopic (exact) mass is 381 g/mol. The molecule has 4 rings (SSSR count). The number of benzene rings is 2. The van der Waals surface area contributed by atoms with Crippen LogP contribution in [0.25, 0.3) is 11.4 Å². The Morgan fingerprint density at radius 1 is 1.18 bits per heavy atom. The summed E-state index contributed by atoms with van der Waals surface area (Å²) in [5.74, 6) is 1.39. The van der Waals surface area contributed by atoms with Gasteiger partial charge in [0.15, 0.2) is 0 Å². The van der Waals surface area contributed by atoms with Crippen LogP contribution in [0, 0.1) is 5.82 Å². The van der Waals surface area contributed by atoms with Crippen molar-refractivity contribution in [3.8, 4) is 17.1 Å². The molecule has 3 aromatic rings. The van der Waals surface area contributed by atoms with Crippen LogP contribution in [0.1, 0.15) is 37.3 Å². The first-order valence-corrected chi connectivity index (χ1v) is 9.25. The second-order valence-electron chi connectivity index (χ2n) is 6.62. The molecule has 1 amide bonds. The second kappa shape index (κ2) is 7.80. The van der Waals surface area contributed by atoms with E-state index in [9.17, 15) is 9.18 Å². The van der Waals surface area contributed by atoms with Crippen molar-refractivity contribution in [3.05, 3.63) is 65.8 Å². The first kappa shape index (κ1) is 18.2. The molecule has 0 radical (unpaired) electrons. The fourth-order valence-corrected chi connectivity index (χ4v) is 3.33. The van der Waals surface area contributed by atoms with Gasteiger partial charge in [0.05, 0.1) is 6.61 Å². The Hall–Kier alpha value is -3.22. The van der Waals surface area contributed by atoms with Crippen LogP contribution in [0.5, 0.6) is 5.75 Å². The number of amides is 1. The molecule has 6 nitrogen and oxygen atoms in total. The van der Waals surface area contributed by atoms with E-state index in [0.717, 1.165) is 16.9 Å². The number of hydrogen-bond donors (Lipinski definition) is 0. The molecule has 2 heterocycles. The third-order valence-corrected chi connectivity index (χ3v) is 4.74. The van der Waals surface area contributed by atoms with Crippen molar-refractivity contribution in [3.63, 3.8) is 0 Å². The van der Waals surface area contributed by atoms with E-state index in [2.05, 4.69) is 10.1 Å². The van der Waals surface area contributed by atoms with Crippen LogP contribution in [-0.4, -0.2) is 27.6 Å². The van der Waals surface area contributed by atoms with Gasteiger partial charge < -0.3 is 14.2 Å². The van der Waals surface area contributed by atoms with Gasteiger partial charge in [-0.2, -0.15) is 4.98 Å². The van der Waals surface area contributed by atoms with Crippen molar-refractivity contribution >= 4 is 5.91 Å². The molecular formula is C21H20FN3O3. The molecule has 1 aliphatic rings. The van der Waals surface area contributed by atoms with Crippen LogP contribution in [-0.2, 0) is 11.3 Å². The van der Waals surface area contributed by atoms with E-state index in [0.29, 0.717) is 37.7 Å². The lowest BCUT2D eigenvalue weighted by Crippen LogP contribution is -2.27. The molecule has 0 N–H and O–H groups in total. The van der Waals surface area contributed by atoms with Gasteiger partial charge in [0.2, 0.25) is 17.6 Å². The summed E-state index contributed by atoms with van der Waals surface area (Å²) in [6.45, 7) is 2.91. The smallest absolute Gasteiger partial charge is 0.249 e. The van der Waals surface area contributed by atoms with Gasteiger partial charge >= 0.3 is 0 Å². The van der Waals surface area contributed by atoms with Crippen molar-refractivity contribution in [1.82, 2.24) is 15.0 Å². The first-order chi connectivity index (χ1) is 13.6. The zero-order valence-electron chi connectivity index (χ0n) is 15.5. The standard InChI is InChI=1S/C21H20FN3O3/c1-2-27-17-9-5-15(6-10-17)20-23-21(28-24-20)18-11-12-19(26)25(18)13-14-3-7-16(22)8-4-14/h3-10,18H,2,11-13H2,1H3. The molecule has 0 saturated carbocycles. The highest BCUT2D eigenvalue weighted by Crippen LogP contribution is 2.34. The lowest BCUT2D eigenvalue weighted by molar-refractivity contribution is -0.129. The lowest BCUT2D eigenvalue weighted by atomic mass is 10.1. The van der Waals surface area contributed by atoms with Crippen LogP contribution in [0.15, 0.2) is 53.1 Å². The van der Waals surface area contributed by atoms with Gasteiger partial charge in [0.1, 0.15) is 17.6 Å². The summed E-state index contributed by atoms with van der Waals surface area (Å²) in [7, 11) is 0. The molecule has 144 valence electrons. The van der Waals surface area contributed by atoms with Crippen LogP contribution in [0.2, 0.25) is 0 Å². The highest BCUT2D eigenvalue weighted by Gasteiger charge is 2.36. The highest BCUT2D eigenvalue weighted by atomic mass is 19.1. The fraction of sp³-hybridized carbons (Fsp3) is 0.286. The van der Waals surface area contributed by atoms with E-state index in [-0.39, 0.29) is 17.8 Å². The Morgan fingerprint density at radius 3 is 2.64 bits per heavy atom. The van der Waals surface area contributed by atoms with Gasteiger partial charge in [0, 0.05) is 18.5 Å². The Balaban J connectivity index is 1.53. The summed E-state index contributed by atoms with van der Waals surface area (Å²) >= 11 is 0. The number of nitrogens with zero attached hydrogens (tertiary/aromatic N) is 3. The number of hydrogen-bond acceptors (Lipinski definition) is 5. The summed E-state index contributed by atoms with van der Waals surface area (Å²) in [4.78, 5) is 18.6. The predicted octanol–water partition coefficient (Wildman–Crippen LogP) is 4.14. The Bertz CT molecular complexity index is 954. The third-order valence-electron chi connectivity index (χ3n) is 4.74. The maximum absolute atomic E-state index is 13.1. The molecule has 28 heavy (non-hydrogen) atoms. The molecule has 0 aliphatic carbocycles. The molecule has 0 bridgehead atoms. The van der Waals surface area contributed by atoms with E-state index < -0.39 is 0 Å². The van der Waals surface area contributed by atoms with Crippen molar-refractivity contribution in [1.29, 1.82) is 0 Å². The molecule has 1 unspecified atom stereocenters. The van der Waals surface area contributed by atoms with E-state index in [1.165, 1.54) is 12.1 Å². The minimum absolute atomic E-state index is 0.0233. The quantitative estimate of drug-likeness (QED) is 0.642. The summed E-state index contributed by atoms with van der Waals surface area (Å²) in [6.07, 6.45) is 1.04. The number of rotatable bonds is 6. The van der Waals surface area contributed by atoms with Gasteiger partial charge in [-0.1, -0.05) is 17.3 Å². The maximum Gasteiger partial charge on any atom is 0.249 e. The second-order valence-corrected chi connectivity index (χ2v) is 6.62. The number of ether oxygens (including phenoxy) is 1. The normalized spacial score (nSPS) is 16.6. The van der Waals surface area contributed by atoms with Gasteiger partial charge in [-0.15, -0.1) is 0 Å². The van der Waals surface area contributed by atoms with Gasteiger partial charge in [-0.25, -0.2) is 4.39 Å². The van der Waals surface area contributed by atoms with Gasteiger partial charge in [-0.05, 0) is 55.3 Å². The topological polar surface area (TPSA) is 68.5 Å². The third kappa shape index (κ3) is 3.74. The van der Waals surface area contributed by atoms with Crippen molar-refractivity contribution < 1.29 is 18.4 Å². The molecule has 1 aliphatic heterocycles. The molecule has 1 aromatic heterocycles. The van der Waals surface area contributed by atoms with E-state index in [1.54, 1.807) is 17.0 Å². The molecule has 0 spiro atoms. The zero-order chi connectivity index (χ0) is 19.5. The molecule has 7 heteroatoms. The Morgan fingerprint density at radius 2 is 1.93 bits per heavy atom. The zero-order valence-corrected chi connectivity index (χ0v) is 15.5. The molecular weight excluding hydrogens is 361 g/mol.